The van der Waals surface area contributed by atoms with Gasteiger partial charge in [0.25, 0.3) is 5.01 Å². The molecule has 0 fully saturated rings. The largest absolute Gasteiger partial charge is 0.382 e. The molecule has 0 radical (unpaired) electrons. The standard InChI is InChI=1S/C31H41N2O6S2/c1-34-18-20-38-24-22-36-16-14-32-26-8-3-5-10-28(26)40-30(32)12-7-13-31-33(27-9-4-6-11-29(27)41-31)15-17-37-23-25-39-21-19-35-2/h3-13H,14-25H2,1-2H3/q+1. The van der Waals surface area contributed by atoms with Crippen LogP contribution < -0.4 is 9.47 Å². The van der Waals surface area contributed by atoms with E-state index in [1.54, 1.807) is 37.3 Å². The first-order chi connectivity index (χ1) is 20.3. The molecule has 0 atom stereocenters. The lowest BCUT2D eigenvalue weighted by Crippen LogP contribution is -2.37. The minimum absolute atomic E-state index is 0.571. The number of fused-ring (bicyclic) bond motifs is 2. The van der Waals surface area contributed by atoms with E-state index in [0.29, 0.717) is 66.1 Å². The van der Waals surface area contributed by atoms with Crippen molar-refractivity contribution in [1.29, 1.82) is 0 Å². The number of aromatic nitrogens is 1. The fourth-order valence-electron chi connectivity index (χ4n) is 4.27. The van der Waals surface area contributed by atoms with E-state index in [1.165, 1.54) is 30.8 Å². The quantitative estimate of drug-likeness (QED) is 0.132. The first-order valence-corrected chi connectivity index (χ1v) is 15.6. The lowest BCUT2D eigenvalue weighted by Gasteiger charge is -2.20. The Kier molecular flexibility index (Phi) is 14.1. The van der Waals surface area contributed by atoms with E-state index in [2.05, 4.69) is 76.2 Å². The fourth-order valence-corrected chi connectivity index (χ4v) is 6.47. The maximum Gasteiger partial charge on any atom is 0.262 e. The highest BCUT2D eigenvalue weighted by atomic mass is 32.2. The number of methoxy groups -OCH3 is 2. The number of thioether (sulfide) groups is 1. The third-order valence-electron chi connectivity index (χ3n) is 6.28. The van der Waals surface area contributed by atoms with Gasteiger partial charge in [0.05, 0.1) is 70.2 Å². The first kappa shape index (κ1) is 31.7. The minimum atomic E-state index is 0.571. The number of allylic oxidation sites excluding steroid dienone is 2. The van der Waals surface area contributed by atoms with Crippen LogP contribution in [0.1, 0.15) is 5.01 Å². The zero-order valence-electron chi connectivity index (χ0n) is 24.0. The highest BCUT2D eigenvalue weighted by Gasteiger charge is 2.24. The Hall–Kier alpha value is -2.28. The van der Waals surface area contributed by atoms with Gasteiger partial charge in [-0.2, -0.15) is 4.57 Å². The van der Waals surface area contributed by atoms with Gasteiger partial charge in [0.1, 0.15) is 11.3 Å². The van der Waals surface area contributed by atoms with Crippen molar-refractivity contribution in [3.05, 3.63) is 70.7 Å². The summed E-state index contributed by atoms with van der Waals surface area (Å²) in [7, 11) is 3.35. The van der Waals surface area contributed by atoms with Crippen LogP contribution >= 0.6 is 23.1 Å². The third-order valence-corrected chi connectivity index (χ3v) is 8.54. The van der Waals surface area contributed by atoms with E-state index < -0.39 is 0 Å². The zero-order chi connectivity index (χ0) is 28.5. The van der Waals surface area contributed by atoms with Crippen molar-refractivity contribution in [2.75, 3.05) is 91.7 Å². The lowest BCUT2D eigenvalue weighted by molar-refractivity contribution is -0.670. The topological polar surface area (TPSA) is 62.5 Å². The average molecular weight is 602 g/mol. The Morgan fingerprint density at radius 1 is 0.732 bits per heavy atom. The molecule has 4 rings (SSSR count). The molecule has 41 heavy (non-hydrogen) atoms. The van der Waals surface area contributed by atoms with Crippen LogP contribution in [0, 0.1) is 0 Å². The van der Waals surface area contributed by atoms with E-state index in [0.717, 1.165) is 13.1 Å². The molecule has 8 nitrogen and oxygen atoms in total. The van der Waals surface area contributed by atoms with Crippen molar-refractivity contribution < 1.29 is 33.0 Å². The Labute approximate surface area is 251 Å². The van der Waals surface area contributed by atoms with Gasteiger partial charge in [0.15, 0.2) is 6.54 Å². The number of hydrogen-bond acceptors (Lipinski definition) is 9. The Bertz CT molecular complexity index is 1250. The summed E-state index contributed by atoms with van der Waals surface area (Å²) in [6, 6.07) is 17.0. The molecule has 0 saturated carbocycles. The van der Waals surface area contributed by atoms with E-state index in [4.69, 9.17) is 28.4 Å². The summed E-state index contributed by atoms with van der Waals surface area (Å²) >= 11 is 3.58. The molecular formula is C31H41N2O6S2+. The molecule has 2 heterocycles. The van der Waals surface area contributed by atoms with Gasteiger partial charge in [-0.1, -0.05) is 53.4 Å². The predicted octanol–water partition coefficient (Wildman–Crippen LogP) is 5.01. The van der Waals surface area contributed by atoms with Crippen LogP contribution in [0.5, 0.6) is 0 Å². The number of anilines is 1. The summed E-state index contributed by atoms with van der Waals surface area (Å²) in [4.78, 5) is 3.59. The van der Waals surface area contributed by atoms with Gasteiger partial charge in [-0.15, -0.1) is 0 Å². The van der Waals surface area contributed by atoms with Crippen LogP contribution in [-0.2, 0) is 35.0 Å². The molecule has 0 aliphatic carbocycles. The number of thiazole rings is 1. The van der Waals surface area contributed by atoms with E-state index in [9.17, 15) is 0 Å². The van der Waals surface area contributed by atoms with Crippen molar-refractivity contribution >= 4 is 45.1 Å². The van der Waals surface area contributed by atoms with Gasteiger partial charge in [0.2, 0.25) is 5.52 Å². The molecule has 222 valence electrons. The van der Waals surface area contributed by atoms with Crippen LogP contribution in [0.4, 0.5) is 5.69 Å². The van der Waals surface area contributed by atoms with Gasteiger partial charge in [-0.25, -0.2) is 0 Å². The highest BCUT2D eigenvalue weighted by molar-refractivity contribution is 8.03. The molecule has 1 aromatic heterocycles. The fraction of sp³-hybridized carbons (Fsp3) is 0.452. The second-order valence-corrected chi connectivity index (χ2v) is 11.2. The van der Waals surface area contributed by atoms with Gasteiger partial charge in [-0.05, 0) is 24.3 Å². The normalized spacial score (nSPS) is 14.2. The summed E-state index contributed by atoms with van der Waals surface area (Å²) in [5.74, 6) is 0. The van der Waals surface area contributed by atoms with Crippen molar-refractivity contribution in [2.45, 2.75) is 11.4 Å². The molecule has 0 amide bonds. The molecule has 0 saturated heterocycles. The Morgan fingerprint density at radius 2 is 1.37 bits per heavy atom. The third kappa shape index (κ3) is 9.90. The van der Waals surface area contributed by atoms with Crippen molar-refractivity contribution in [1.82, 2.24) is 0 Å². The number of nitrogens with zero attached hydrogens (tertiary/aromatic N) is 2. The van der Waals surface area contributed by atoms with E-state index >= 15 is 0 Å². The van der Waals surface area contributed by atoms with Gasteiger partial charge in [0, 0.05) is 37.8 Å². The summed E-state index contributed by atoms with van der Waals surface area (Å²) < 4.78 is 36.3. The summed E-state index contributed by atoms with van der Waals surface area (Å²) in [5.41, 5.74) is 2.44. The average Bonchev–Trinajstić information content (AvgIpc) is 3.53. The van der Waals surface area contributed by atoms with Crippen LogP contribution in [0.2, 0.25) is 0 Å². The Morgan fingerprint density at radius 3 is 2.12 bits per heavy atom. The van der Waals surface area contributed by atoms with Crippen LogP contribution in [0.3, 0.4) is 0 Å². The van der Waals surface area contributed by atoms with E-state index in [-0.39, 0.29) is 0 Å². The molecule has 1 aliphatic heterocycles. The minimum Gasteiger partial charge on any atom is -0.382 e. The maximum atomic E-state index is 5.85. The molecular weight excluding hydrogens is 560 g/mol. The number of benzene rings is 2. The number of rotatable bonds is 20. The van der Waals surface area contributed by atoms with Crippen molar-refractivity contribution in [3.8, 4) is 0 Å². The smallest absolute Gasteiger partial charge is 0.262 e. The monoisotopic (exact) mass is 601 g/mol. The van der Waals surface area contributed by atoms with Crippen molar-refractivity contribution in [3.63, 3.8) is 0 Å². The maximum absolute atomic E-state index is 5.85. The number of para-hydroxylation sites is 2. The predicted molar refractivity (Wildman–Crippen MR) is 166 cm³/mol. The van der Waals surface area contributed by atoms with Crippen LogP contribution in [0.25, 0.3) is 16.3 Å². The molecule has 1 aliphatic rings. The van der Waals surface area contributed by atoms with Crippen molar-refractivity contribution in [2.24, 2.45) is 0 Å². The van der Waals surface area contributed by atoms with Crippen LogP contribution in [-0.4, -0.2) is 86.8 Å². The van der Waals surface area contributed by atoms with Gasteiger partial charge in [-0.3, -0.25) is 0 Å². The highest BCUT2D eigenvalue weighted by Crippen LogP contribution is 2.45. The first-order valence-electron chi connectivity index (χ1n) is 13.9. The van der Waals surface area contributed by atoms with E-state index in [1.807, 2.05) is 0 Å². The molecule has 0 spiro atoms. The molecule has 3 aromatic rings. The second-order valence-electron chi connectivity index (χ2n) is 9.08. The summed E-state index contributed by atoms with van der Waals surface area (Å²) in [6.45, 7) is 7.46. The molecule has 0 N–H and O–H groups in total. The van der Waals surface area contributed by atoms with Gasteiger partial charge < -0.3 is 33.3 Å². The molecule has 0 unspecified atom stereocenters. The molecule has 2 aromatic carbocycles. The van der Waals surface area contributed by atoms with Crippen LogP contribution in [0.15, 0.2) is 70.6 Å². The second kappa shape index (κ2) is 18.3. The lowest BCUT2D eigenvalue weighted by atomic mass is 10.3. The summed E-state index contributed by atoms with van der Waals surface area (Å²) in [5, 5.41) is 2.37. The number of hydrogen-bond donors (Lipinski definition) is 0. The summed E-state index contributed by atoms with van der Waals surface area (Å²) in [6.07, 6.45) is 6.54. The Balaban J connectivity index is 1.36. The van der Waals surface area contributed by atoms with Gasteiger partial charge >= 0.3 is 0 Å². The molecule has 10 heteroatoms. The zero-order valence-corrected chi connectivity index (χ0v) is 25.6. The number of ether oxygens (including phenoxy) is 6. The SMILES string of the molecule is COCCOCCOCCN1/C(=C\C=C\c2sc3ccccc3[n+]2CCOCCOCCOC)Sc2ccccc21. The molecule has 0 bridgehead atoms.